The number of nitrogen functional groups attached to an aromatic ring is 1. The number of carbonyl (C=O) groups is 4. The molecule has 4 heterocycles. The van der Waals surface area contributed by atoms with Crippen molar-refractivity contribution in [3.8, 4) is 0 Å². The summed E-state index contributed by atoms with van der Waals surface area (Å²) in [5.41, 5.74) is 5.89. The number of fused-ring (bicyclic) bond motifs is 1. The number of aromatic nitrogens is 1. The summed E-state index contributed by atoms with van der Waals surface area (Å²) < 4.78 is 5.05. The minimum absolute atomic E-state index is 0. The van der Waals surface area contributed by atoms with Gasteiger partial charge in [-0.1, -0.05) is 16.9 Å². The Labute approximate surface area is 222 Å². The molecule has 2 aliphatic rings. The van der Waals surface area contributed by atoms with Crippen molar-refractivity contribution < 1.29 is 33.5 Å². The second kappa shape index (κ2) is 11.4. The number of carboxylic acids is 1. The van der Waals surface area contributed by atoms with Gasteiger partial charge in [0.1, 0.15) is 29.9 Å². The number of carboxylic acid groups (broad SMARTS) is 1. The zero-order valence-electron chi connectivity index (χ0n) is 17.4. The number of nitrogens with two attached hydrogens (primary N) is 1. The Hall–Kier alpha value is -2.70. The Balaban J connectivity index is 0.00000342. The van der Waals surface area contributed by atoms with Gasteiger partial charge >= 0.3 is 24.8 Å². The van der Waals surface area contributed by atoms with E-state index < -0.39 is 29.2 Å². The van der Waals surface area contributed by atoms with Crippen LogP contribution in [-0.2, 0) is 19.2 Å². The van der Waals surface area contributed by atoms with Crippen molar-refractivity contribution in [1.29, 1.82) is 0 Å². The molecule has 1 fully saturated rings. The van der Waals surface area contributed by atoms with Gasteiger partial charge in [-0.2, -0.15) is 0 Å². The monoisotopic (exact) mass is 531 g/mol. The molecular formula is C19H18LiN5O7S3. The van der Waals surface area contributed by atoms with Gasteiger partial charge in [0.25, 0.3) is 16.9 Å². The number of β-lactam (4-membered cyclic amide) rings is 1. The van der Waals surface area contributed by atoms with Crippen LogP contribution in [-0.4, -0.2) is 92.5 Å². The average Bonchev–Trinajstić information content (AvgIpc) is 3.50. The van der Waals surface area contributed by atoms with Crippen LogP contribution in [0.3, 0.4) is 0 Å². The molecule has 0 saturated carbocycles. The van der Waals surface area contributed by atoms with Gasteiger partial charge in [-0.15, -0.1) is 23.1 Å². The van der Waals surface area contributed by atoms with Crippen molar-refractivity contribution >= 4 is 87.5 Å². The number of amides is 2. The normalized spacial score (nSPS) is 19.4. The van der Waals surface area contributed by atoms with Crippen LogP contribution in [0, 0.1) is 0 Å². The van der Waals surface area contributed by atoms with Crippen molar-refractivity contribution in [2.24, 2.45) is 5.16 Å². The third-order valence-electron chi connectivity index (χ3n) is 4.80. The van der Waals surface area contributed by atoms with E-state index in [1.165, 1.54) is 36.6 Å². The molecule has 2 aliphatic heterocycles. The molecule has 0 radical (unpaired) electrons. The number of rotatable bonds is 8. The van der Waals surface area contributed by atoms with E-state index in [1.54, 1.807) is 6.07 Å². The summed E-state index contributed by atoms with van der Waals surface area (Å²) in [6, 6.07) is 2.13. The summed E-state index contributed by atoms with van der Waals surface area (Å²) >= 11 is 3.29. The molecule has 2 atom stereocenters. The van der Waals surface area contributed by atoms with Gasteiger partial charge in [0.05, 0.1) is 6.26 Å². The number of oxime groups is 1. The summed E-state index contributed by atoms with van der Waals surface area (Å²) in [7, 11) is 1.26. The number of thiazole rings is 1. The molecule has 180 valence electrons. The van der Waals surface area contributed by atoms with E-state index in [4.69, 9.17) is 15.0 Å². The molecule has 0 bridgehead atoms. The van der Waals surface area contributed by atoms with Crippen LogP contribution in [0.4, 0.5) is 5.13 Å². The summed E-state index contributed by atoms with van der Waals surface area (Å²) in [6.45, 7) is 0. The van der Waals surface area contributed by atoms with E-state index in [0.29, 0.717) is 5.57 Å². The Kier molecular flexibility index (Phi) is 8.73. The summed E-state index contributed by atoms with van der Waals surface area (Å²) in [4.78, 5) is 59.6. The third kappa shape index (κ3) is 5.44. The SMILES string of the molecule is CON=C(C(=O)N[C@@H]1C(=O)N2C(C(=O)O)=C(CSC(=O)c3ccco3)CS[C@H]12)c1csc(N)n1.[LiH]. The first-order valence-corrected chi connectivity index (χ1v) is 12.5. The van der Waals surface area contributed by atoms with E-state index in [-0.39, 0.29) is 63.5 Å². The number of anilines is 1. The van der Waals surface area contributed by atoms with Gasteiger partial charge in [0, 0.05) is 16.9 Å². The van der Waals surface area contributed by atoms with Crippen molar-refractivity contribution in [3.05, 3.63) is 46.5 Å². The van der Waals surface area contributed by atoms with Crippen LogP contribution in [0.2, 0.25) is 0 Å². The van der Waals surface area contributed by atoms with Gasteiger partial charge in [-0.25, -0.2) is 9.78 Å². The molecule has 4 rings (SSSR count). The summed E-state index contributed by atoms with van der Waals surface area (Å²) in [5.74, 6) is -2.08. The summed E-state index contributed by atoms with van der Waals surface area (Å²) in [5, 5.41) is 16.8. The van der Waals surface area contributed by atoms with E-state index in [2.05, 4.69) is 15.5 Å². The molecule has 0 spiro atoms. The van der Waals surface area contributed by atoms with Crippen LogP contribution in [0.1, 0.15) is 16.2 Å². The van der Waals surface area contributed by atoms with Crippen molar-refractivity contribution in [1.82, 2.24) is 15.2 Å². The first kappa shape index (κ1) is 26.9. The van der Waals surface area contributed by atoms with Gasteiger partial charge in [0.2, 0.25) is 0 Å². The molecule has 1 saturated heterocycles. The van der Waals surface area contributed by atoms with Crippen molar-refractivity contribution in [3.63, 3.8) is 0 Å². The van der Waals surface area contributed by atoms with E-state index in [9.17, 15) is 24.3 Å². The fraction of sp³-hybridized carbons (Fsp3) is 0.263. The minimum atomic E-state index is -1.29. The fourth-order valence-corrected chi connectivity index (χ4v) is 6.14. The number of aliphatic carboxylic acids is 1. The maximum atomic E-state index is 12.8. The molecule has 2 amide bonds. The summed E-state index contributed by atoms with van der Waals surface area (Å²) in [6.07, 6.45) is 1.37. The third-order valence-corrected chi connectivity index (χ3v) is 7.77. The number of furan rings is 1. The van der Waals surface area contributed by atoms with Crippen molar-refractivity contribution in [2.45, 2.75) is 11.4 Å². The fourth-order valence-electron chi connectivity index (χ4n) is 3.31. The molecule has 0 aromatic carbocycles. The molecule has 0 unspecified atom stereocenters. The molecule has 4 N–H and O–H groups in total. The Morgan fingerprint density at radius 2 is 2.23 bits per heavy atom. The number of nitrogens with one attached hydrogen (secondary N) is 1. The van der Waals surface area contributed by atoms with Gasteiger partial charge in [0.15, 0.2) is 16.6 Å². The van der Waals surface area contributed by atoms with Gasteiger partial charge in [-0.05, 0) is 17.7 Å². The van der Waals surface area contributed by atoms with E-state index in [1.807, 2.05) is 0 Å². The zero-order valence-corrected chi connectivity index (χ0v) is 19.9. The topological polar surface area (TPSA) is 177 Å². The van der Waals surface area contributed by atoms with Crippen LogP contribution < -0.4 is 11.1 Å². The first-order valence-electron chi connectivity index (χ1n) is 9.55. The maximum absolute atomic E-state index is 12.8. The number of hydrogen-bond donors (Lipinski definition) is 3. The van der Waals surface area contributed by atoms with E-state index >= 15 is 0 Å². The van der Waals surface area contributed by atoms with E-state index in [0.717, 1.165) is 28.0 Å². The Bertz CT molecular complexity index is 1210. The standard InChI is InChI=1S/C19H17N5O7S3.Li.H/c1-30-23-11(9-7-34-19(20)21-9)14(25)22-12-15(26)24-13(17(27)28)8(5-32-16(12)24)6-33-18(29)10-3-2-4-31-10;;/h2-4,7,12,16H,5-6H2,1H3,(H2,20,21)(H,22,25)(H,27,28);;/t12-,16-;;/m1../s1. The molecule has 16 heteroatoms. The first-order chi connectivity index (χ1) is 16.3. The number of carbonyl (C=O) groups excluding carboxylic acids is 3. The zero-order chi connectivity index (χ0) is 24.4. The number of nitrogens with zero attached hydrogens (tertiary/aromatic N) is 3. The molecule has 0 aliphatic carbocycles. The Morgan fingerprint density at radius 1 is 1.46 bits per heavy atom. The molecular weight excluding hydrogens is 513 g/mol. The molecule has 35 heavy (non-hydrogen) atoms. The molecule has 2 aromatic heterocycles. The predicted octanol–water partition coefficient (Wildman–Crippen LogP) is 0.332. The number of hydrogen-bond acceptors (Lipinski definition) is 12. The van der Waals surface area contributed by atoms with Crippen molar-refractivity contribution in [2.75, 3.05) is 24.3 Å². The Morgan fingerprint density at radius 3 is 2.83 bits per heavy atom. The quantitative estimate of drug-likeness (QED) is 0.185. The van der Waals surface area contributed by atoms with Crippen LogP contribution >= 0.6 is 34.9 Å². The molecule has 2 aromatic rings. The van der Waals surface area contributed by atoms with Crippen LogP contribution in [0.25, 0.3) is 0 Å². The predicted molar refractivity (Wildman–Crippen MR) is 132 cm³/mol. The van der Waals surface area contributed by atoms with Gasteiger partial charge in [-0.3, -0.25) is 19.3 Å². The van der Waals surface area contributed by atoms with Gasteiger partial charge < -0.3 is 25.4 Å². The average molecular weight is 532 g/mol. The second-order valence-electron chi connectivity index (χ2n) is 6.87. The second-order valence-corrected chi connectivity index (χ2v) is 9.81. The van der Waals surface area contributed by atoms with Crippen LogP contribution in [0.5, 0.6) is 0 Å². The van der Waals surface area contributed by atoms with Crippen LogP contribution in [0.15, 0.2) is 44.6 Å². The molecule has 12 nitrogen and oxygen atoms in total. The number of thioether (sulfide) groups is 2.